The van der Waals surface area contributed by atoms with Crippen molar-refractivity contribution in [2.45, 2.75) is 31.2 Å². The van der Waals surface area contributed by atoms with Crippen molar-refractivity contribution in [1.82, 2.24) is 4.98 Å². The van der Waals surface area contributed by atoms with Gasteiger partial charge in [0.15, 0.2) is 0 Å². The van der Waals surface area contributed by atoms with Gasteiger partial charge in [0.1, 0.15) is 11.1 Å². The zero-order valence-corrected chi connectivity index (χ0v) is 9.90. The minimum atomic E-state index is 0.728. The van der Waals surface area contributed by atoms with Gasteiger partial charge in [-0.05, 0) is 43.1 Å². The van der Waals surface area contributed by atoms with E-state index in [0.717, 1.165) is 29.3 Å². The van der Waals surface area contributed by atoms with Crippen molar-refractivity contribution in [3.63, 3.8) is 0 Å². The van der Waals surface area contributed by atoms with Crippen LogP contribution in [0.1, 0.15) is 30.2 Å². The standard InChI is InChI=1S/C12H14N2S/c1-8-3-4-11-9(5-8)6-10(7-13)12(14-11)15-2/h6,8H,3-5H2,1-2H3/t8-/m0/s1. The number of hydrogen-bond acceptors (Lipinski definition) is 3. The number of pyridine rings is 1. The molecule has 2 nitrogen and oxygen atoms in total. The van der Waals surface area contributed by atoms with Crippen LogP contribution in [0, 0.1) is 17.2 Å². The van der Waals surface area contributed by atoms with Crippen molar-refractivity contribution >= 4 is 11.8 Å². The molecule has 0 saturated heterocycles. The molecule has 78 valence electrons. The van der Waals surface area contributed by atoms with Crippen LogP contribution in [-0.2, 0) is 12.8 Å². The van der Waals surface area contributed by atoms with Crippen LogP contribution < -0.4 is 0 Å². The molecular weight excluding hydrogens is 204 g/mol. The number of rotatable bonds is 1. The van der Waals surface area contributed by atoms with Gasteiger partial charge in [0.25, 0.3) is 0 Å². The largest absolute Gasteiger partial charge is 0.245 e. The second-order valence-corrected chi connectivity index (χ2v) is 4.91. The molecule has 0 aliphatic heterocycles. The molecular formula is C12H14N2S. The first-order chi connectivity index (χ1) is 7.24. The third-order valence-electron chi connectivity index (χ3n) is 2.91. The number of aryl methyl sites for hydroxylation is 1. The molecule has 1 aromatic rings. The number of aromatic nitrogens is 1. The fourth-order valence-electron chi connectivity index (χ4n) is 2.06. The Hall–Kier alpha value is -1.01. The third-order valence-corrected chi connectivity index (χ3v) is 3.61. The molecule has 0 N–H and O–H groups in total. The number of hydrogen-bond donors (Lipinski definition) is 0. The molecule has 1 atom stereocenters. The molecule has 1 aliphatic carbocycles. The van der Waals surface area contributed by atoms with E-state index in [1.165, 1.54) is 17.7 Å². The highest BCUT2D eigenvalue weighted by Gasteiger charge is 2.18. The van der Waals surface area contributed by atoms with E-state index in [1.807, 2.05) is 12.3 Å². The normalized spacial score (nSPS) is 19.4. The summed E-state index contributed by atoms with van der Waals surface area (Å²) in [5.74, 6) is 0.728. The van der Waals surface area contributed by atoms with Crippen LogP contribution in [0.4, 0.5) is 0 Å². The van der Waals surface area contributed by atoms with Crippen molar-refractivity contribution in [2.75, 3.05) is 6.26 Å². The lowest BCUT2D eigenvalue weighted by Crippen LogP contribution is -2.13. The molecule has 1 aromatic heterocycles. The van der Waals surface area contributed by atoms with Crippen LogP contribution in [0.5, 0.6) is 0 Å². The summed E-state index contributed by atoms with van der Waals surface area (Å²) in [6.45, 7) is 2.26. The Balaban J connectivity index is 2.46. The molecule has 1 aliphatic rings. The molecule has 0 aromatic carbocycles. The predicted molar refractivity (Wildman–Crippen MR) is 61.9 cm³/mol. The summed E-state index contributed by atoms with van der Waals surface area (Å²) in [6.07, 6.45) is 5.34. The number of fused-ring (bicyclic) bond motifs is 1. The Labute approximate surface area is 94.7 Å². The van der Waals surface area contributed by atoms with E-state index in [0.29, 0.717) is 0 Å². The van der Waals surface area contributed by atoms with Crippen LogP contribution in [0.3, 0.4) is 0 Å². The van der Waals surface area contributed by atoms with E-state index in [2.05, 4.69) is 18.0 Å². The summed E-state index contributed by atoms with van der Waals surface area (Å²) < 4.78 is 0. The molecule has 15 heavy (non-hydrogen) atoms. The Bertz CT molecular complexity index is 420. The maximum atomic E-state index is 9.01. The monoisotopic (exact) mass is 218 g/mol. The SMILES string of the molecule is CSc1nc2c(cc1C#N)C[C@@H](C)CC2. The first kappa shape index (κ1) is 10.5. The third kappa shape index (κ3) is 2.00. The van der Waals surface area contributed by atoms with Crippen LogP contribution in [0.2, 0.25) is 0 Å². The average molecular weight is 218 g/mol. The van der Waals surface area contributed by atoms with Crippen LogP contribution in [0.25, 0.3) is 0 Å². The highest BCUT2D eigenvalue weighted by molar-refractivity contribution is 7.98. The Morgan fingerprint density at radius 1 is 1.60 bits per heavy atom. The van der Waals surface area contributed by atoms with Crippen molar-refractivity contribution in [1.29, 1.82) is 5.26 Å². The molecule has 1 heterocycles. The van der Waals surface area contributed by atoms with Crippen molar-refractivity contribution in [2.24, 2.45) is 5.92 Å². The zero-order chi connectivity index (χ0) is 10.8. The number of nitriles is 1. The average Bonchev–Trinajstić information content (AvgIpc) is 2.27. The molecule has 0 unspecified atom stereocenters. The lowest BCUT2D eigenvalue weighted by molar-refractivity contribution is 0.491. The van der Waals surface area contributed by atoms with Gasteiger partial charge in [-0.1, -0.05) is 6.92 Å². The summed E-state index contributed by atoms with van der Waals surface area (Å²) in [7, 11) is 0. The summed E-state index contributed by atoms with van der Waals surface area (Å²) in [5, 5.41) is 9.89. The molecule has 0 fully saturated rings. The fourth-order valence-corrected chi connectivity index (χ4v) is 2.59. The minimum absolute atomic E-state index is 0.728. The molecule has 0 amide bonds. The van der Waals surface area contributed by atoms with Crippen molar-refractivity contribution < 1.29 is 0 Å². The first-order valence-electron chi connectivity index (χ1n) is 5.21. The molecule has 0 bridgehead atoms. The maximum absolute atomic E-state index is 9.01. The van der Waals surface area contributed by atoms with Gasteiger partial charge in [-0.3, -0.25) is 0 Å². The van der Waals surface area contributed by atoms with Crippen molar-refractivity contribution in [3.05, 3.63) is 22.9 Å². The Morgan fingerprint density at radius 3 is 3.07 bits per heavy atom. The highest BCUT2D eigenvalue weighted by Crippen LogP contribution is 2.28. The predicted octanol–water partition coefficient (Wildman–Crippen LogP) is 2.80. The van der Waals surface area contributed by atoms with E-state index in [4.69, 9.17) is 5.26 Å². The van der Waals surface area contributed by atoms with E-state index in [1.54, 1.807) is 11.8 Å². The van der Waals surface area contributed by atoms with Gasteiger partial charge in [0.2, 0.25) is 0 Å². The lowest BCUT2D eigenvalue weighted by atomic mass is 9.87. The smallest absolute Gasteiger partial charge is 0.114 e. The summed E-state index contributed by atoms with van der Waals surface area (Å²) >= 11 is 1.56. The van der Waals surface area contributed by atoms with Gasteiger partial charge in [0, 0.05) is 5.69 Å². The molecule has 3 heteroatoms. The van der Waals surface area contributed by atoms with Crippen LogP contribution in [-0.4, -0.2) is 11.2 Å². The number of thioether (sulfide) groups is 1. The van der Waals surface area contributed by atoms with E-state index in [-0.39, 0.29) is 0 Å². The zero-order valence-electron chi connectivity index (χ0n) is 9.08. The van der Waals surface area contributed by atoms with E-state index in [9.17, 15) is 0 Å². The van der Waals surface area contributed by atoms with Gasteiger partial charge in [-0.2, -0.15) is 5.26 Å². The van der Waals surface area contributed by atoms with Gasteiger partial charge >= 0.3 is 0 Å². The van der Waals surface area contributed by atoms with E-state index < -0.39 is 0 Å². The van der Waals surface area contributed by atoms with E-state index >= 15 is 0 Å². The van der Waals surface area contributed by atoms with Gasteiger partial charge in [0.05, 0.1) is 5.56 Å². The molecule has 0 spiro atoms. The van der Waals surface area contributed by atoms with Gasteiger partial charge in [-0.25, -0.2) is 4.98 Å². The Morgan fingerprint density at radius 2 is 2.40 bits per heavy atom. The van der Waals surface area contributed by atoms with Crippen molar-refractivity contribution in [3.8, 4) is 6.07 Å². The fraction of sp³-hybridized carbons (Fsp3) is 0.500. The van der Waals surface area contributed by atoms with Crippen LogP contribution >= 0.6 is 11.8 Å². The van der Waals surface area contributed by atoms with Gasteiger partial charge in [-0.15, -0.1) is 11.8 Å². The molecule has 2 rings (SSSR count). The summed E-state index contributed by atoms with van der Waals surface area (Å²) in [6, 6.07) is 4.26. The maximum Gasteiger partial charge on any atom is 0.114 e. The minimum Gasteiger partial charge on any atom is -0.245 e. The molecule has 0 radical (unpaired) electrons. The second-order valence-electron chi connectivity index (χ2n) is 4.11. The first-order valence-corrected chi connectivity index (χ1v) is 6.44. The second kappa shape index (κ2) is 4.24. The highest BCUT2D eigenvalue weighted by atomic mass is 32.2. The number of nitrogens with zero attached hydrogens (tertiary/aromatic N) is 2. The lowest BCUT2D eigenvalue weighted by Gasteiger charge is -2.21. The quantitative estimate of drug-likeness (QED) is 0.680. The molecule has 0 saturated carbocycles. The van der Waals surface area contributed by atoms with Gasteiger partial charge < -0.3 is 0 Å². The van der Waals surface area contributed by atoms with Crippen LogP contribution in [0.15, 0.2) is 11.1 Å². The summed E-state index contributed by atoms with van der Waals surface area (Å²) in [5.41, 5.74) is 3.22. The topological polar surface area (TPSA) is 36.7 Å². The Kier molecular flexibility index (Phi) is 2.97. The summed E-state index contributed by atoms with van der Waals surface area (Å²) in [4.78, 5) is 4.58.